The third-order valence-electron chi connectivity index (χ3n) is 2.17. The number of rotatable bonds is 5. The van der Waals surface area contributed by atoms with Crippen molar-refractivity contribution in [2.24, 2.45) is 0 Å². The van der Waals surface area contributed by atoms with Crippen molar-refractivity contribution in [1.82, 2.24) is 4.90 Å². The first-order chi connectivity index (χ1) is 8.17. The fraction of sp³-hybridized carbons (Fsp3) is 0.333. The molecular formula is C12H15NO3S. The summed E-state index contributed by atoms with van der Waals surface area (Å²) in [6, 6.07) is 3.84. The topological polar surface area (TPSA) is 46.6 Å². The highest BCUT2D eigenvalue weighted by Gasteiger charge is 2.12. The molecule has 0 fully saturated rings. The summed E-state index contributed by atoms with van der Waals surface area (Å²) in [4.78, 5) is 25.3. The van der Waals surface area contributed by atoms with E-state index in [0.717, 1.165) is 4.88 Å². The van der Waals surface area contributed by atoms with E-state index in [2.05, 4.69) is 4.74 Å². The largest absolute Gasteiger partial charge is 0.468 e. The van der Waals surface area contributed by atoms with Gasteiger partial charge >= 0.3 is 5.97 Å². The lowest BCUT2D eigenvalue weighted by atomic mass is 10.3. The van der Waals surface area contributed by atoms with Crippen LogP contribution in [0.3, 0.4) is 0 Å². The lowest BCUT2D eigenvalue weighted by Crippen LogP contribution is -2.34. The summed E-state index contributed by atoms with van der Waals surface area (Å²) in [5.74, 6) is -0.601. The van der Waals surface area contributed by atoms with Crippen LogP contribution in [0.4, 0.5) is 0 Å². The average Bonchev–Trinajstić information content (AvgIpc) is 2.85. The molecule has 0 aliphatic heterocycles. The number of thiophene rings is 1. The Labute approximate surface area is 104 Å². The Morgan fingerprint density at radius 3 is 2.82 bits per heavy atom. The Morgan fingerprint density at radius 1 is 1.53 bits per heavy atom. The predicted octanol–water partition coefficient (Wildman–Crippen LogP) is 1.78. The lowest BCUT2D eigenvalue weighted by Gasteiger charge is -2.17. The molecule has 4 nitrogen and oxygen atoms in total. The van der Waals surface area contributed by atoms with E-state index in [0.29, 0.717) is 6.54 Å². The number of hydrogen-bond donors (Lipinski definition) is 0. The van der Waals surface area contributed by atoms with Crippen molar-refractivity contribution in [3.8, 4) is 0 Å². The molecule has 1 amide bonds. The highest BCUT2D eigenvalue weighted by molar-refractivity contribution is 7.10. The number of methoxy groups -OCH3 is 1. The zero-order valence-corrected chi connectivity index (χ0v) is 10.7. The van der Waals surface area contributed by atoms with Gasteiger partial charge in [-0.3, -0.25) is 9.59 Å². The molecule has 0 N–H and O–H groups in total. The minimum atomic E-state index is -0.412. The molecule has 1 heterocycles. The summed E-state index contributed by atoms with van der Waals surface area (Å²) in [7, 11) is 1.31. The zero-order valence-electron chi connectivity index (χ0n) is 9.88. The summed E-state index contributed by atoms with van der Waals surface area (Å²) < 4.78 is 4.53. The predicted molar refractivity (Wildman–Crippen MR) is 67.6 cm³/mol. The molecule has 0 aliphatic rings. The second-order valence-electron chi connectivity index (χ2n) is 3.28. The Kier molecular flexibility index (Phi) is 5.42. The van der Waals surface area contributed by atoms with Gasteiger partial charge in [0.25, 0.3) is 0 Å². The van der Waals surface area contributed by atoms with Crippen LogP contribution in [-0.2, 0) is 14.3 Å². The van der Waals surface area contributed by atoms with Crippen LogP contribution in [0.1, 0.15) is 11.8 Å². The van der Waals surface area contributed by atoms with Crippen molar-refractivity contribution in [3.05, 3.63) is 28.5 Å². The van der Waals surface area contributed by atoms with Gasteiger partial charge in [-0.2, -0.15) is 0 Å². The molecule has 0 aromatic carbocycles. The molecule has 0 unspecified atom stereocenters. The van der Waals surface area contributed by atoms with E-state index in [1.54, 1.807) is 17.4 Å². The van der Waals surface area contributed by atoms with Crippen molar-refractivity contribution in [2.75, 3.05) is 20.2 Å². The standard InChI is InChI=1S/C12H15NO3S/c1-3-13(9-12(15)16-2)11(14)7-6-10-5-4-8-17-10/h4-8H,3,9H2,1-2H3/b7-6+. The fourth-order valence-corrected chi connectivity index (χ4v) is 1.83. The van der Waals surface area contributed by atoms with Crippen molar-refractivity contribution in [1.29, 1.82) is 0 Å². The smallest absolute Gasteiger partial charge is 0.325 e. The van der Waals surface area contributed by atoms with E-state index in [9.17, 15) is 9.59 Å². The molecule has 0 saturated heterocycles. The van der Waals surface area contributed by atoms with Crippen LogP contribution in [0.15, 0.2) is 23.6 Å². The van der Waals surface area contributed by atoms with Gasteiger partial charge in [0.2, 0.25) is 5.91 Å². The highest BCUT2D eigenvalue weighted by atomic mass is 32.1. The number of carbonyl (C=O) groups is 2. The molecule has 0 aliphatic carbocycles. The summed E-state index contributed by atoms with van der Waals surface area (Å²) in [6.07, 6.45) is 3.21. The van der Waals surface area contributed by atoms with E-state index in [1.807, 2.05) is 24.4 Å². The quantitative estimate of drug-likeness (QED) is 0.593. The van der Waals surface area contributed by atoms with Crippen LogP contribution in [0, 0.1) is 0 Å². The third-order valence-corrected chi connectivity index (χ3v) is 3.01. The summed E-state index contributed by atoms with van der Waals surface area (Å²) >= 11 is 1.55. The van der Waals surface area contributed by atoms with Crippen molar-refractivity contribution >= 4 is 29.3 Å². The molecular weight excluding hydrogens is 238 g/mol. The number of esters is 1. The highest BCUT2D eigenvalue weighted by Crippen LogP contribution is 2.10. The van der Waals surface area contributed by atoms with Gasteiger partial charge in [-0.25, -0.2) is 0 Å². The van der Waals surface area contributed by atoms with Gasteiger partial charge in [0.15, 0.2) is 0 Å². The van der Waals surface area contributed by atoms with E-state index in [4.69, 9.17) is 0 Å². The van der Waals surface area contributed by atoms with Crippen LogP contribution in [0.2, 0.25) is 0 Å². The molecule has 17 heavy (non-hydrogen) atoms. The van der Waals surface area contributed by atoms with Gasteiger partial charge in [0, 0.05) is 17.5 Å². The molecule has 1 aromatic heterocycles. The second kappa shape index (κ2) is 6.85. The van der Waals surface area contributed by atoms with Crippen LogP contribution in [0.25, 0.3) is 6.08 Å². The molecule has 1 aromatic rings. The fourth-order valence-electron chi connectivity index (χ4n) is 1.21. The van der Waals surface area contributed by atoms with Crippen LogP contribution >= 0.6 is 11.3 Å². The molecule has 0 saturated carbocycles. The summed E-state index contributed by atoms with van der Waals surface area (Å²) in [5, 5.41) is 1.94. The molecule has 0 atom stereocenters. The zero-order chi connectivity index (χ0) is 12.7. The van der Waals surface area contributed by atoms with Crippen LogP contribution < -0.4 is 0 Å². The van der Waals surface area contributed by atoms with Crippen LogP contribution in [-0.4, -0.2) is 37.0 Å². The minimum Gasteiger partial charge on any atom is -0.468 e. The molecule has 1 rings (SSSR count). The van der Waals surface area contributed by atoms with Gasteiger partial charge in [-0.15, -0.1) is 11.3 Å². The maximum absolute atomic E-state index is 11.8. The van der Waals surface area contributed by atoms with Crippen LogP contribution in [0.5, 0.6) is 0 Å². The Hall–Kier alpha value is -1.62. The molecule has 0 spiro atoms. The lowest BCUT2D eigenvalue weighted by molar-refractivity contribution is -0.145. The summed E-state index contributed by atoms with van der Waals surface area (Å²) in [5.41, 5.74) is 0. The first kappa shape index (κ1) is 13.4. The van der Waals surface area contributed by atoms with Crippen molar-refractivity contribution < 1.29 is 14.3 Å². The third kappa shape index (κ3) is 4.40. The van der Waals surface area contributed by atoms with Gasteiger partial charge in [-0.05, 0) is 24.4 Å². The van der Waals surface area contributed by atoms with Crippen molar-refractivity contribution in [2.45, 2.75) is 6.92 Å². The molecule has 0 bridgehead atoms. The number of nitrogens with zero attached hydrogens (tertiary/aromatic N) is 1. The van der Waals surface area contributed by atoms with Gasteiger partial charge in [0.1, 0.15) is 6.54 Å². The summed E-state index contributed by atoms with van der Waals surface area (Å²) in [6.45, 7) is 2.28. The van der Waals surface area contributed by atoms with Gasteiger partial charge in [0.05, 0.1) is 7.11 Å². The van der Waals surface area contributed by atoms with E-state index < -0.39 is 5.97 Å². The van der Waals surface area contributed by atoms with Gasteiger partial charge < -0.3 is 9.64 Å². The normalized spacial score (nSPS) is 10.5. The first-order valence-corrected chi connectivity index (χ1v) is 6.12. The maximum Gasteiger partial charge on any atom is 0.325 e. The number of ether oxygens (including phenoxy) is 1. The second-order valence-corrected chi connectivity index (χ2v) is 4.26. The number of carbonyl (C=O) groups excluding carboxylic acids is 2. The number of likely N-dealkylation sites (N-methyl/N-ethyl adjacent to an activating group) is 1. The first-order valence-electron chi connectivity index (χ1n) is 5.24. The van der Waals surface area contributed by atoms with Crippen molar-refractivity contribution in [3.63, 3.8) is 0 Å². The number of amides is 1. The van der Waals surface area contributed by atoms with E-state index in [1.165, 1.54) is 18.1 Å². The Morgan fingerprint density at radius 2 is 2.29 bits per heavy atom. The maximum atomic E-state index is 11.8. The molecule has 0 radical (unpaired) electrons. The van der Waals surface area contributed by atoms with Gasteiger partial charge in [-0.1, -0.05) is 6.07 Å². The monoisotopic (exact) mass is 253 g/mol. The van der Waals surface area contributed by atoms with E-state index >= 15 is 0 Å². The minimum absolute atomic E-state index is 0.0133. The Balaban J connectivity index is 2.57. The Bertz CT molecular complexity index is 398. The SMILES string of the molecule is CCN(CC(=O)OC)C(=O)/C=C/c1cccs1. The average molecular weight is 253 g/mol. The molecule has 5 heteroatoms. The van der Waals surface area contributed by atoms with E-state index in [-0.39, 0.29) is 12.5 Å². The molecule has 92 valence electrons. The number of hydrogen-bond acceptors (Lipinski definition) is 4.